The van der Waals surface area contributed by atoms with E-state index in [4.69, 9.17) is 4.74 Å². The van der Waals surface area contributed by atoms with Gasteiger partial charge in [0.15, 0.2) is 0 Å². The number of rotatable bonds is 10. The van der Waals surface area contributed by atoms with Crippen LogP contribution >= 0.6 is 0 Å². The van der Waals surface area contributed by atoms with E-state index in [1.54, 1.807) is 69.3 Å². The van der Waals surface area contributed by atoms with Gasteiger partial charge in [0.1, 0.15) is 17.7 Å². The van der Waals surface area contributed by atoms with Crippen LogP contribution in [0.3, 0.4) is 0 Å². The van der Waals surface area contributed by atoms with E-state index in [0.29, 0.717) is 5.69 Å². The van der Waals surface area contributed by atoms with Gasteiger partial charge in [0.2, 0.25) is 0 Å². The van der Waals surface area contributed by atoms with Crippen molar-refractivity contribution < 1.29 is 32.6 Å². The lowest BCUT2D eigenvalue weighted by atomic mass is 9.98. The smallest absolute Gasteiger partial charge is 0.348 e. The normalized spacial score (nSPS) is 13.4. The number of esters is 2. The van der Waals surface area contributed by atoms with E-state index in [0.717, 1.165) is 7.11 Å². The highest BCUT2D eigenvalue weighted by Gasteiger charge is 2.49. The summed E-state index contributed by atoms with van der Waals surface area (Å²) in [5.74, 6) is -7.21. The molecule has 2 N–H and O–H groups in total. The quantitative estimate of drug-likeness (QED) is 0.498. The molecule has 0 heterocycles. The molecule has 0 aliphatic carbocycles. The van der Waals surface area contributed by atoms with Gasteiger partial charge in [-0.15, -0.1) is 0 Å². The van der Waals surface area contributed by atoms with Crippen molar-refractivity contribution in [1.29, 1.82) is 0 Å². The summed E-state index contributed by atoms with van der Waals surface area (Å²) in [5, 5.41) is 4.76. The maximum atomic E-state index is 15.5. The molecule has 0 spiro atoms. The summed E-state index contributed by atoms with van der Waals surface area (Å²) in [7, 11) is 1.07. The fourth-order valence-electron chi connectivity index (χ4n) is 3.16. The van der Waals surface area contributed by atoms with Gasteiger partial charge < -0.3 is 20.1 Å². The Morgan fingerprint density at radius 1 is 0.941 bits per heavy atom. The standard InChI is InChI=1S/C25H30F2N2O5/c1-24(2,3)34-20(30)16-15-19(22(31)33-4)29-23(32)25(26,27)21(17-11-7-5-8-12-17)28-18-13-9-6-10-14-18/h5-14,19,21,28H,15-16H2,1-4H3,(H,29,32)/t19-,21?/m0/s1. The van der Waals surface area contributed by atoms with E-state index in [9.17, 15) is 14.4 Å². The molecule has 2 rings (SSSR count). The summed E-state index contributed by atoms with van der Waals surface area (Å²) in [6.45, 7) is 5.03. The number of carbonyl (C=O) groups is 3. The van der Waals surface area contributed by atoms with E-state index in [1.165, 1.54) is 12.1 Å². The largest absolute Gasteiger partial charge is 0.467 e. The third kappa shape index (κ3) is 7.83. The molecule has 2 aromatic rings. The number of para-hydroxylation sites is 1. The van der Waals surface area contributed by atoms with Crippen molar-refractivity contribution in [3.8, 4) is 0 Å². The Morgan fingerprint density at radius 3 is 2.03 bits per heavy atom. The predicted octanol–water partition coefficient (Wildman–Crippen LogP) is 4.25. The zero-order valence-corrected chi connectivity index (χ0v) is 19.6. The highest BCUT2D eigenvalue weighted by Crippen LogP contribution is 2.35. The van der Waals surface area contributed by atoms with Crippen LogP contribution in [0.4, 0.5) is 14.5 Å². The molecule has 0 saturated carbocycles. The molecule has 1 unspecified atom stereocenters. The van der Waals surface area contributed by atoms with Gasteiger partial charge in [0, 0.05) is 12.1 Å². The lowest BCUT2D eigenvalue weighted by molar-refractivity contribution is -0.157. The van der Waals surface area contributed by atoms with E-state index < -0.39 is 41.5 Å². The molecule has 0 saturated heterocycles. The maximum absolute atomic E-state index is 15.5. The van der Waals surface area contributed by atoms with Gasteiger partial charge in [-0.25, -0.2) is 4.79 Å². The third-order valence-electron chi connectivity index (χ3n) is 4.73. The zero-order valence-electron chi connectivity index (χ0n) is 19.6. The lowest BCUT2D eigenvalue weighted by Crippen LogP contribution is -2.52. The molecule has 7 nitrogen and oxygen atoms in total. The fourth-order valence-corrected chi connectivity index (χ4v) is 3.16. The Labute approximate surface area is 197 Å². The topological polar surface area (TPSA) is 93.7 Å². The molecule has 0 bridgehead atoms. The number of halogens is 2. The van der Waals surface area contributed by atoms with Gasteiger partial charge in [-0.2, -0.15) is 8.78 Å². The molecule has 0 radical (unpaired) electrons. The first-order valence-corrected chi connectivity index (χ1v) is 10.8. The van der Waals surface area contributed by atoms with Crippen molar-refractivity contribution in [3.05, 3.63) is 66.2 Å². The average molecular weight is 477 g/mol. The van der Waals surface area contributed by atoms with Crippen molar-refractivity contribution in [2.24, 2.45) is 0 Å². The minimum atomic E-state index is -3.96. The number of amides is 1. The number of anilines is 1. The van der Waals surface area contributed by atoms with Crippen molar-refractivity contribution in [2.75, 3.05) is 12.4 Å². The van der Waals surface area contributed by atoms with Gasteiger partial charge in [0.05, 0.1) is 7.11 Å². The van der Waals surface area contributed by atoms with Crippen LogP contribution in [0.2, 0.25) is 0 Å². The summed E-state index contributed by atoms with van der Waals surface area (Å²) in [5.41, 5.74) is -0.187. The molecular weight excluding hydrogens is 446 g/mol. The van der Waals surface area contributed by atoms with Crippen molar-refractivity contribution >= 4 is 23.5 Å². The summed E-state index contributed by atoms with van der Waals surface area (Å²) in [4.78, 5) is 36.9. The highest BCUT2D eigenvalue weighted by atomic mass is 19.3. The first-order valence-electron chi connectivity index (χ1n) is 10.8. The zero-order chi connectivity index (χ0) is 25.4. The Hall–Kier alpha value is -3.49. The second kappa shape index (κ2) is 11.6. The summed E-state index contributed by atoms with van der Waals surface area (Å²) in [6, 6.07) is 12.9. The molecule has 9 heteroatoms. The molecule has 1 amide bonds. The SMILES string of the molecule is COC(=O)[C@H](CCC(=O)OC(C)(C)C)NC(=O)C(F)(F)C(Nc1ccccc1)c1ccccc1. The molecule has 0 fully saturated rings. The molecular formula is C25H30F2N2O5. The number of hydrogen-bond donors (Lipinski definition) is 2. The molecule has 0 aliphatic rings. The second-order valence-corrected chi connectivity index (χ2v) is 8.65. The van der Waals surface area contributed by atoms with Gasteiger partial charge in [0.25, 0.3) is 5.91 Å². The van der Waals surface area contributed by atoms with E-state index >= 15 is 8.78 Å². The average Bonchev–Trinajstić information content (AvgIpc) is 2.79. The predicted molar refractivity (Wildman–Crippen MR) is 123 cm³/mol. The van der Waals surface area contributed by atoms with Gasteiger partial charge in [-0.05, 0) is 44.9 Å². The van der Waals surface area contributed by atoms with Gasteiger partial charge in [-0.3, -0.25) is 9.59 Å². The van der Waals surface area contributed by atoms with Crippen molar-refractivity contribution in [1.82, 2.24) is 5.32 Å². The first-order chi connectivity index (χ1) is 15.9. The fraction of sp³-hybridized carbons (Fsp3) is 0.400. The van der Waals surface area contributed by atoms with Crippen LogP contribution in [-0.4, -0.2) is 42.5 Å². The van der Waals surface area contributed by atoms with Gasteiger partial charge >= 0.3 is 17.9 Å². The van der Waals surface area contributed by atoms with Crippen LogP contribution in [0.5, 0.6) is 0 Å². The number of hydrogen-bond acceptors (Lipinski definition) is 6. The summed E-state index contributed by atoms with van der Waals surface area (Å²) < 4.78 is 40.8. The monoisotopic (exact) mass is 476 g/mol. The van der Waals surface area contributed by atoms with Crippen LogP contribution in [0.15, 0.2) is 60.7 Å². The molecule has 0 aromatic heterocycles. The van der Waals surface area contributed by atoms with Crippen molar-refractivity contribution in [2.45, 2.75) is 57.2 Å². The van der Waals surface area contributed by atoms with E-state index in [2.05, 4.69) is 15.4 Å². The van der Waals surface area contributed by atoms with Crippen LogP contribution in [-0.2, 0) is 23.9 Å². The Kier molecular flexibility index (Phi) is 9.11. The first kappa shape index (κ1) is 26.8. The second-order valence-electron chi connectivity index (χ2n) is 8.65. The molecule has 2 atom stereocenters. The lowest BCUT2D eigenvalue weighted by Gasteiger charge is -2.29. The maximum Gasteiger partial charge on any atom is 0.348 e. The minimum absolute atomic E-state index is 0.176. The summed E-state index contributed by atoms with van der Waals surface area (Å²) >= 11 is 0. The number of nitrogens with one attached hydrogen (secondary N) is 2. The number of alkyl halides is 2. The van der Waals surface area contributed by atoms with Gasteiger partial charge in [-0.1, -0.05) is 48.5 Å². The van der Waals surface area contributed by atoms with Crippen molar-refractivity contribution in [3.63, 3.8) is 0 Å². The third-order valence-corrected chi connectivity index (χ3v) is 4.73. The van der Waals surface area contributed by atoms with Crippen LogP contribution in [0.25, 0.3) is 0 Å². The van der Waals surface area contributed by atoms with Crippen LogP contribution in [0, 0.1) is 0 Å². The number of methoxy groups -OCH3 is 1. The molecule has 184 valence electrons. The molecule has 2 aromatic carbocycles. The summed E-state index contributed by atoms with van der Waals surface area (Å²) in [6.07, 6.45) is -0.529. The number of carbonyl (C=O) groups excluding carboxylic acids is 3. The molecule has 34 heavy (non-hydrogen) atoms. The van der Waals surface area contributed by atoms with Crippen LogP contribution in [0.1, 0.15) is 45.2 Å². The van der Waals surface area contributed by atoms with Crippen LogP contribution < -0.4 is 10.6 Å². The number of benzene rings is 2. The molecule has 0 aliphatic heterocycles. The Bertz CT molecular complexity index is 962. The Morgan fingerprint density at radius 2 is 1.50 bits per heavy atom. The minimum Gasteiger partial charge on any atom is -0.467 e. The van der Waals surface area contributed by atoms with E-state index in [-0.39, 0.29) is 18.4 Å². The highest BCUT2D eigenvalue weighted by molar-refractivity contribution is 5.90. The number of ether oxygens (including phenoxy) is 2. The Balaban J connectivity index is 2.23. The van der Waals surface area contributed by atoms with E-state index in [1.807, 2.05) is 0 Å².